The first-order valence-electron chi connectivity index (χ1n) is 8.06. The number of quaternary nitrogens is 1. The first-order chi connectivity index (χ1) is 12.0. The van der Waals surface area contributed by atoms with E-state index in [2.05, 4.69) is 41.2 Å². The Morgan fingerprint density at radius 1 is 1.24 bits per heavy atom. The molecule has 0 bridgehead atoms. The largest absolute Gasteiger partial charge is 0.334 e. The summed E-state index contributed by atoms with van der Waals surface area (Å²) in [5.74, 6) is -1.39. The summed E-state index contributed by atoms with van der Waals surface area (Å²) in [4.78, 5) is 1.26. The number of hydrogen-bond acceptors (Lipinski definition) is 4. The number of nitriles is 3. The van der Waals surface area contributed by atoms with Crippen molar-refractivity contribution in [2.24, 2.45) is 17.3 Å². The molecule has 5 nitrogen and oxygen atoms in total. The van der Waals surface area contributed by atoms with Crippen molar-refractivity contribution in [3.8, 4) is 18.2 Å². The second-order valence-corrected chi connectivity index (χ2v) is 7.54. The summed E-state index contributed by atoms with van der Waals surface area (Å²) < 4.78 is 0.820. The number of rotatable bonds is 1. The predicted octanol–water partition coefficient (Wildman–Crippen LogP) is 1.81. The molecule has 1 fully saturated rings. The van der Waals surface area contributed by atoms with Crippen LogP contribution in [-0.4, -0.2) is 25.8 Å². The lowest BCUT2D eigenvalue weighted by Gasteiger charge is -2.46. The molecule has 2 N–H and O–H groups in total. The summed E-state index contributed by atoms with van der Waals surface area (Å²) in [6.45, 7) is 1.51. The van der Waals surface area contributed by atoms with Gasteiger partial charge in [0.25, 0.3) is 0 Å². The number of nitrogens with one attached hydrogen (secondary N) is 2. The monoisotopic (exact) mass is 394 g/mol. The van der Waals surface area contributed by atoms with Crippen molar-refractivity contribution >= 4 is 21.6 Å². The van der Waals surface area contributed by atoms with Crippen molar-refractivity contribution in [3.05, 3.63) is 46.0 Å². The van der Waals surface area contributed by atoms with Gasteiger partial charge in [0.2, 0.25) is 0 Å². The van der Waals surface area contributed by atoms with Gasteiger partial charge in [-0.05, 0) is 23.3 Å². The molecule has 1 heterocycles. The third-order valence-electron chi connectivity index (χ3n) is 5.32. The first-order valence-corrected chi connectivity index (χ1v) is 8.86. The number of halogens is 1. The highest BCUT2D eigenvalue weighted by atomic mass is 79.9. The Hall–Kier alpha value is -2.46. The second-order valence-electron chi connectivity index (χ2n) is 6.68. The van der Waals surface area contributed by atoms with Crippen molar-refractivity contribution in [1.29, 1.82) is 21.2 Å². The molecule has 0 saturated heterocycles. The molecule has 1 saturated carbocycles. The summed E-state index contributed by atoms with van der Waals surface area (Å²) in [7, 11) is 2.06. The van der Waals surface area contributed by atoms with Gasteiger partial charge in [-0.1, -0.05) is 34.1 Å². The van der Waals surface area contributed by atoms with Gasteiger partial charge in [-0.15, -0.1) is 0 Å². The van der Waals surface area contributed by atoms with E-state index in [1.165, 1.54) is 4.90 Å². The van der Waals surface area contributed by atoms with Crippen LogP contribution in [0.5, 0.6) is 0 Å². The fraction of sp³-hybridized carbons (Fsp3) is 0.368. The summed E-state index contributed by atoms with van der Waals surface area (Å²) in [5.41, 5.74) is 0.00398. The molecule has 1 aromatic rings. The van der Waals surface area contributed by atoms with Crippen molar-refractivity contribution in [2.75, 3.05) is 20.1 Å². The van der Waals surface area contributed by atoms with Gasteiger partial charge in [-0.25, -0.2) is 0 Å². The van der Waals surface area contributed by atoms with Crippen LogP contribution in [0.4, 0.5) is 0 Å². The van der Waals surface area contributed by atoms with Crippen LogP contribution in [0.25, 0.3) is 0 Å². The van der Waals surface area contributed by atoms with Crippen LogP contribution in [0.15, 0.2) is 40.4 Å². The van der Waals surface area contributed by atoms with E-state index < -0.39 is 17.3 Å². The third kappa shape index (κ3) is 2.48. The molecule has 124 valence electrons. The van der Waals surface area contributed by atoms with Gasteiger partial charge < -0.3 is 10.3 Å². The van der Waals surface area contributed by atoms with Gasteiger partial charge >= 0.3 is 0 Å². The van der Waals surface area contributed by atoms with Gasteiger partial charge in [0.05, 0.1) is 44.1 Å². The Kier molecular flexibility index (Phi) is 4.48. The molecule has 1 aliphatic carbocycles. The highest BCUT2D eigenvalue weighted by Crippen LogP contribution is 2.53. The molecule has 4 atom stereocenters. The van der Waals surface area contributed by atoms with E-state index in [-0.39, 0.29) is 11.6 Å². The molecule has 0 aromatic heterocycles. The second kappa shape index (κ2) is 6.45. The number of benzene rings is 1. The zero-order chi connectivity index (χ0) is 18.2. The summed E-state index contributed by atoms with van der Waals surface area (Å²) in [5, 5.41) is 38.1. The molecule has 0 spiro atoms. The predicted molar refractivity (Wildman–Crippen MR) is 95.6 cm³/mol. The average molecular weight is 395 g/mol. The molecule has 2 unspecified atom stereocenters. The topological polar surface area (TPSA) is 99.7 Å². The minimum Gasteiger partial charge on any atom is -0.334 e. The van der Waals surface area contributed by atoms with Gasteiger partial charge in [0.15, 0.2) is 5.41 Å². The molecule has 0 radical (unpaired) electrons. The van der Waals surface area contributed by atoms with Crippen molar-refractivity contribution in [2.45, 2.75) is 5.92 Å². The normalized spacial score (nSPS) is 30.2. The van der Waals surface area contributed by atoms with Crippen LogP contribution in [0, 0.1) is 56.7 Å². The molecule has 6 heteroatoms. The lowest BCUT2D eigenvalue weighted by Crippen LogP contribution is -3.10. The standard InChI is InChI=1S/C19H16BrN5/c1-25-7-6-12-14(8-21)18(24)19(10-22,11-23)17(15(12)9-25)13-4-2-3-5-16(13)20/h2-6,14-15,17,24H,7,9H2,1H3/p+1/t14?,15-,17+/m1/s1. The van der Waals surface area contributed by atoms with Gasteiger partial charge in [-0.2, -0.15) is 15.8 Å². The van der Waals surface area contributed by atoms with E-state index in [4.69, 9.17) is 5.41 Å². The first kappa shape index (κ1) is 17.4. The maximum absolute atomic E-state index is 9.94. The highest BCUT2D eigenvalue weighted by Gasteiger charge is 2.58. The highest BCUT2D eigenvalue weighted by molar-refractivity contribution is 9.10. The van der Waals surface area contributed by atoms with Crippen LogP contribution >= 0.6 is 15.9 Å². The van der Waals surface area contributed by atoms with Crippen LogP contribution in [0.2, 0.25) is 0 Å². The minimum atomic E-state index is -1.64. The fourth-order valence-corrected chi connectivity index (χ4v) is 4.66. The minimum absolute atomic E-state index is 0.0946. The van der Waals surface area contributed by atoms with Crippen LogP contribution in [0.1, 0.15) is 11.5 Å². The quantitative estimate of drug-likeness (QED) is 0.710. The summed E-state index contributed by atoms with van der Waals surface area (Å²) in [6, 6.07) is 13.9. The molecule has 1 aromatic carbocycles. The van der Waals surface area contributed by atoms with E-state index in [1.807, 2.05) is 30.3 Å². The molecule has 25 heavy (non-hydrogen) atoms. The molecule has 0 amide bonds. The maximum Gasteiger partial charge on any atom is 0.190 e. The maximum atomic E-state index is 9.94. The van der Waals surface area contributed by atoms with Crippen LogP contribution in [0.3, 0.4) is 0 Å². The van der Waals surface area contributed by atoms with Crippen molar-refractivity contribution in [3.63, 3.8) is 0 Å². The molecular weight excluding hydrogens is 378 g/mol. The Morgan fingerprint density at radius 3 is 2.52 bits per heavy atom. The van der Waals surface area contributed by atoms with Crippen LogP contribution < -0.4 is 4.90 Å². The van der Waals surface area contributed by atoms with Gasteiger partial charge in [-0.3, -0.25) is 0 Å². The number of fused-ring (bicyclic) bond motifs is 1. The molecular formula is C19H17BrN5+. The van der Waals surface area contributed by atoms with E-state index in [1.54, 1.807) is 0 Å². The zero-order valence-electron chi connectivity index (χ0n) is 13.8. The number of hydrogen-bond donors (Lipinski definition) is 2. The zero-order valence-corrected chi connectivity index (χ0v) is 15.3. The Balaban J connectivity index is 2.30. The lowest BCUT2D eigenvalue weighted by atomic mass is 9.54. The molecule has 2 aliphatic rings. The lowest BCUT2D eigenvalue weighted by molar-refractivity contribution is -0.878. The average Bonchev–Trinajstić information content (AvgIpc) is 2.62. The number of likely N-dealkylation sites (N-methyl/N-ethyl adjacent to an activating group) is 1. The SMILES string of the molecule is C[NH+]1CC=C2C(C#N)C(=N)C(C#N)(C#N)[C@@H](c3ccccc3Br)[C@@H]2C1. The number of nitrogens with zero attached hydrogens (tertiary/aromatic N) is 3. The Bertz CT molecular complexity index is 868. The van der Waals surface area contributed by atoms with E-state index in [0.29, 0.717) is 0 Å². The molecule has 3 rings (SSSR count). The fourth-order valence-electron chi connectivity index (χ4n) is 4.13. The molecule has 1 aliphatic heterocycles. The van der Waals surface area contributed by atoms with E-state index in [9.17, 15) is 15.8 Å². The summed E-state index contributed by atoms with van der Waals surface area (Å²) >= 11 is 3.55. The Labute approximate surface area is 155 Å². The van der Waals surface area contributed by atoms with E-state index in [0.717, 1.165) is 28.7 Å². The van der Waals surface area contributed by atoms with Crippen molar-refractivity contribution < 1.29 is 4.90 Å². The smallest absolute Gasteiger partial charge is 0.190 e. The van der Waals surface area contributed by atoms with Crippen LogP contribution in [-0.2, 0) is 0 Å². The van der Waals surface area contributed by atoms with E-state index >= 15 is 0 Å². The van der Waals surface area contributed by atoms with Gasteiger partial charge in [0, 0.05) is 16.3 Å². The Morgan fingerprint density at radius 2 is 1.92 bits per heavy atom. The van der Waals surface area contributed by atoms with Gasteiger partial charge in [0.1, 0.15) is 5.92 Å². The van der Waals surface area contributed by atoms with Crippen molar-refractivity contribution in [1.82, 2.24) is 0 Å². The summed E-state index contributed by atoms with van der Waals surface area (Å²) in [6.07, 6.45) is 2.02. The third-order valence-corrected chi connectivity index (χ3v) is 6.04.